The Labute approximate surface area is 179 Å². The summed E-state index contributed by atoms with van der Waals surface area (Å²) in [7, 11) is 0. The van der Waals surface area contributed by atoms with Crippen LogP contribution in [0.1, 0.15) is 23.8 Å². The average molecular weight is 417 g/mol. The summed E-state index contributed by atoms with van der Waals surface area (Å²) in [6.07, 6.45) is 2.02. The maximum Gasteiger partial charge on any atom is 0.224 e. The van der Waals surface area contributed by atoms with Crippen molar-refractivity contribution in [2.24, 2.45) is 0 Å². The second-order valence-corrected chi connectivity index (χ2v) is 7.29. The SMILES string of the molecule is O=C(CCn1ncc(=O)c2ccccc21)N(Cc1ccccc1)C[C@H](O)c1ccco1. The first-order valence-electron chi connectivity index (χ1n) is 10.1. The number of nitrogens with zero attached hydrogens (tertiary/aromatic N) is 3. The molecular formula is C24H23N3O4. The van der Waals surface area contributed by atoms with Crippen LogP contribution < -0.4 is 5.43 Å². The highest BCUT2D eigenvalue weighted by Gasteiger charge is 2.21. The first kappa shape index (κ1) is 20.6. The minimum atomic E-state index is -0.922. The molecule has 2 aromatic carbocycles. The number of rotatable bonds is 8. The maximum atomic E-state index is 13.1. The Bertz CT molecular complexity index is 1200. The maximum absolute atomic E-state index is 13.1. The Morgan fingerprint density at radius 3 is 2.61 bits per heavy atom. The van der Waals surface area contributed by atoms with E-state index >= 15 is 0 Å². The zero-order valence-electron chi connectivity index (χ0n) is 16.9. The largest absolute Gasteiger partial charge is 0.467 e. The van der Waals surface area contributed by atoms with E-state index in [9.17, 15) is 14.7 Å². The molecule has 2 aromatic heterocycles. The molecule has 0 aliphatic carbocycles. The highest BCUT2D eigenvalue weighted by atomic mass is 16.4. The lowest BCUT2D eigenvalue weighted by molar-refractivity contribution is -0.133. The lowest BCUT2D eigenvalue weighted by Crippen LogP contribution is -2.35. The standard InChI is InChI=1S/C24H23N3O4/c28-21-15-25-27(20-10-5-4-9-19(20)21)13-12-24(30)26(16-18-7-2-1-3-8-18)17-22(29)23-11-6-14-31-23/h1-11,14-15,22,29H,12-13,16-17H2/t22-/m0/s1. The van der Waals surface area contributed by atoms with Gasteiger partial charge in [-0.25, -0.2) is 0 Å². The molecule has 0 aliphatic rings. The number of furan rings is 1. The number of benzene rings is 2. The predicted octanol–water partition coefficient (Wildman–Crippen LogP) is 3.14. The van der Waals surface area contributed by atoms with E-state index in [1.54, 1.807) is 33.8 Å². The fourth-order valence-electron chi connectivity index (χ4n) is 3.54. The topological polar surface area (TPSA) is 88.6 Å². The van der Waals surface area contributed by atoms with Gasteiger partial charge in [0.05, 0.1) is 31.1 Å². The van der Waals surface area contributed by atoms with Crippen molar-refractivity contribution in [2.75, 3.05) is 6.54 Å². The zero-order valence-corrected chi connectivity index (χ0v) is 16.9. The number of hydrogen-bond acceptors (Lipinski definition) is 5. The summed E-state index contributed by atoms with van der Waals surface area (Å²) in [6, 6.07) is 20.2. The number of carbonyl (C=O) groups excluding carboxylic acids is 1. The van der Waals surface area contributed by atoms with Crippen LogP contribution in [-0.4, -0.2) is 32.2 Å². The van der Waals surface area contributed by atoms with E-state index < -0.39 is 6.10 Å². The molecule has 7 heteroatoms. The van der Waals surface area contributed by atoms with Crippen LogP contribution in [0, 0.1) is 0 Å². The first-order valence-corrected chi connectivity index (χ1v) is 10.1. The van der Waals surface area contributed by atoms with Gasteiger partial charge >= 0.3 is 0 Å². The van der Waals surface area contributed by atoms with Gasteiger partial charge in [0.15, 0.2) is 0 Å². The number of aliphatic hydroxyl groups excluding tert-OH is 1. The Hall–Kier alpha value is -3.71. The molecule has 0 unspecified atom stereocenters. The summed E-state index contributed by atoms with van der Waals surface area (Å²) < 4.78 is 6.95. The van der Waals surface area contributed by atoms with Crippen molar-refractivity contribution < 1.29 is 14.3 Å². The van der Waals surface area contributed by atoms with Gasteiger partial charge in [0.25, 0.3) is 0 Å². The lowest BCUT2D eigenvalue weighted by atomic mass is 10.1. The van der Waals surface area contributed by atoms with Gasteiger partial charge in [0.2, 0.25) is 11.3 Å². The molecule has 0 spiro atoms. The Kier molecular flexibility index (Phi) is 6.24. The molecule has 158 valence electrons. The summed E-state index contributed by atoms with van der Waals surface area (Å²) in [4.78, 5) is 26.8. The monoisotopic (exact) mass is 417 g/mol. The normalized spacial score (nSPS) is 12.0. The molecule has 4 aromatic rings. The number of aryl methyl sites for hydroxylation is 1. The molecule has 0 radical (unpaired) electrons. The molecule has 1 amide bonds. The summed E-state index contributed by atoms with van der Waals surface area (Å²) in [6.45, 7) is 0.803. The van der Waals surface area contributed by atoms with Crippen LogP contribution in [0.2, 0.25) is 0 Å². The van der Waals surface area contributed by atoms with Crippen molar-refractivity contribution in [3.8, 4) is 0 Å². The van der Waals surface area contributed by atoms with Crippen molar-refractivity contribution >= 4 is 16.8 Å². The molecule has 31 heavy (non-hydrogen) atoms. The average Bonchev–Trinajstić information content (AvgIpc) is 3.34. The first-order chi connectivity index (χ1) is 15.1. The molecule has 0 bridgehead atoms. The number of hydrogen-bond donors (Lipinski definition) is 1. The Balaban J connectivity index is 1.51. The Morgan fingerprint density at radius 2 is 1.84 bits per heavy atom. The van der Waals surface area contributed by atoms with Crippen molar-refractivity contribution in [1.29, 1.82) is 0 Å². The van der Waals surface area contributed by atoms with Gasteiger partial charge in [0.1, 0.15) is 11.9 Å². The highest BCUT2D eigenvalue weighted by molar-refractivity contribution is 5.79. The molecule has 0 aliphatic heterocycles. The predicted molar refractivity (Wildman–Crippen MR) is 116 cm³/mol. The number of aliphatic hydroxyl groups is 1. The van der Waals surface area contributed by atoms with Gasteiger partial charge in [-0.3, -0.25) is 14.3 Å². The molecular weight excluding hydrogens is 394 g/mol. The van der Waals surface area contributed by atoms with Gasteiger partial charge < -0.3 is 14.4 Å². The number of para-hydroxylation sites is 1. The number of aromatic nitrogens is 2. The highest BCUT2D eigenvalue weighted by Crippen LogP contribution is 2.17. The molecule has 0 saturated carbocycles. The molecule has 0 fully saturated rings. The van der Waals surface area contributed by atoms with Crippen LogP contribution in [0.15, 0.2) is 88.4 Å². The summed E-state index contributed by atoms with van der Waals surface area (Å²) in [5, 5.41) is 15.3. The fourth-order valence-corrected chi connectivity index (χ4v) is 3.54. The molecule has 1 N–H and O–H groups in total. The van der Waals surface area contributed by atoms with Gasteiger partial charge in [-0.15, -0.1) is 0 Å². The third-order valence-corrected chi connectivity index (χ3v) is 5.13. The number of carbonyl (C=O) groups is 1. The lowest BCUT2D eigenvalue weighted by Gasteiger charge is -2.25. The van der Waals surface area contributed by atoms with E-state index in [0.29, 0.717) is 29.8 Å². The summed E-state index contributed by atoms with van der Waals surface area (Å²) in [5.74, 6) is 0.290. The molecule has 2 heterocycles. The fraction of sp³-hybridized carbons (Fsp3) is 0.208. The second kappa shape index (κ2) is 9.40. The quantitative estimate of drug-likeness (QED) is 0.476. The van der Waals surface area contributed by atoms with E-state index in [1.165, 1.54) is 12.5 Å². The van der Waals surface area contributed by atoms with E-state index in [4.69, 9.17) is 4.42 Å². The zero-order chi connectivity index (χ0) is 21.6. The van der Waals surface area contributed by atoms with Crippen LogP contribution in [0.25, 0.3) is 10.9 Å². The minimum absolute atomic E-state index is 0.111. The minimum Gasteiger partial charge on any atom is -0.467 e. The number of fused-ring (bicyclic) bond motifs is 1. The third kappa shape index (κ3) is 4.90. The van der Waals surface area contributed by atoms with Crippen LogP contribution in [-0.2, 0) is 17.9 Å². The Morgan fingerprint density at radius 1 is 1.06 bits per heavy atom. The van der Waals surface area contributed by atoms with Gasteiger partial charge in [0, 0.05) is 18.4 Å². The van der Waals surface area contributed by atoms with Crippen molar-refractivity contribution in [1.82, 2.24) is 14.7 Å². The van der Waals surface area contributed by atoms with Gasteiger partial charge in [-0.2, -0.15) is 5.10 Å². The molecule has 0 saturated heterocycles. The van der Waals surface area contributed by atoms with E-state index in [1.807, 2.05) is 42.5 Å². The van der Waals surface area contributed by atoms with Crippen LogP contribution in [0.4, 0.5) is 0 Å². The van der Waals surface area contributed by atoms with Gasteiger partial charge in [-0.05, 0) is 29.8 Å². The van der Waals surface area contributed by atoms with Crippen molar-refractivity contribution in [3.63, 3.8) is 0 Å². The third-order valence-electron chi connectivity index (χ3n) is 5.13. The summed E-state index contributed by atoms with van der Waals surface area (Å²) >= 11 is 0. The molecule has 7 nitrogen and oxygen atoms in total. The van der Waals surface area contributed by atoms with Crippen LogP contribution in [0.3, 0.4) is 0 Å². The van der Waals surface area contributed by atoms with E-state index in [2.05, 4.69) is 5.10 Å². The van der Waals surface area contributed by atoms with Crippen LogP contribution >= 0.6 is 0 Å². The number of amides is 1. The molecule has 4 rings (SSSR count). The van der Waals surface area contributed by atoms with Crippen molar-refractivity contribution in [3.05, 3.63) is 101 Å². The van der Waals surface area contributed by atoms with Gasteiger partial charge in [-0.1, -0.05) is 42.5 Å². The second-order valence-electron chi connectivity index (χ2n) is 7.29. The summed E-state index contributed by atoms with van der Waals surface area (Å²) in [5.41, 5.74) is 1.51. The van der Waals surface area contributed by atoms with Crippen LogP contribution in [0.5, 0.6) is 0 Å². The molecule has 1 atom stereocenters. The smallest absolute Gasteiger partial charge is 0.224 e. The van der Waals surface area contributed by atoms with E-state index in [0.717, 1.165) is 5.56 Å². The van der Waals surface area contributed by atoms with E-state index in [-0.39, 0.29) is 24.3 Å². The van der Waals surface area contributed by atoms with Crippen molar-refractivity contribution in [2.45, 2.75) is 25.6 Å².